The van der Waals surface area contributed by atoms with Crippen LogP contribution in [0.2, 0.25) is 0 Å². The average molecular weight is 315 g/mol. The molecule has 0 N–H and O–H groups in total. The molecular weight excluding hydrogens is 302 g/mol. The van der Waals surface area contributed by atoms with Crippen molar-refractivity contribution in [2.45, 2.75) is 15.8 Å². The molecule has 0 fully saturated rings. The summed E-state index contributed by atoms with van der Waals surface area (Å²) in [6.45, 7) is 0. The molecule has 0 aliphatic carbocycles. The second-order valence-corrected chi connectivity index (χ2v) is 6.67. The third-order valence-corrected chi connectivity index (χ3v) is 5.36. The molecule has 1 aliphatic heterocycles. The number of hydrogen-bond acceptors (Lipinski definition) is 3. The first kappa shape index (κ1) is 12.9. The Balaban J connectivity index is 1.78. The summed E-state index contributed by atoms with van der Waals surface area (Å²) in [6, 6.07) is 25.1. The van der Waals surface area contributed by atoms with Crippen LogP contribution in [0.5, 0.6) is 0 Å². The van der Waals surface area contributed by atoms with Gasteiger partial charge < -0.3 is 0 Å². The quantitative estimate of drug-likeness (QED) is 0.455. The maximum atomic E-state index is 4.73. The van der Waals surface area contributed by atoms with Crippen LogP contribution < -0.4 is 0 Å². The molecule has 0 radical (unpaired) electrons. The molecule has 0 atom stereocenters. The predicted octanol–water partition coefficient (Wildman–Crippen LogP) is 4.53. The summed E-state index contributed by atoms with van der Waals surface area (Å²) in [5.74, 6) is 0. The van der Waals surface area contributed by atoms with Crippen molar-refractivity contribution in [2.75, 3.05) is 0 Å². The van der Waals surface area contributed by atoms with Crippen molar-refractivity contribution < 1.29 is 0 Å². The van der Waals surface area contributed by atoms with E-state index >= 15 is 0 Å². The number of hydrogen-bond donors (Lipinski definition) is 0. The highest BCUT2D eigenvalue weighted by Gasteiger charge is 2.28. The highest BCUT2D eigenvalue weighted by atomic mass is 32.2. The fourth-order valence-corrected chi connectivity index (χ4v) is 4.25. The average Bonchev–Trinajstić information content (AvgIpc) is 3.03. The van der Waals surface area contributed by atoms with Gasteiger partial charge in [0.2, 0.25) is 0 Å². The third kappa shape index (κ3) is 1.99. The van der Waals surface area contributed by atoms with E-state index in [1.165, 1.54) is 20.9 Å². The topological polar surface area (TPSA) is 30.7 Å². The van der Waals surface area contributed by atoms with E-state index in [9.17, 15) is 0 Å². The maximum Gasteiger partial charge on any atom is 0.124 e. The SMILES string of the molecule is c1ccc2c(c1)Sc1ccccc1C2n1nc2ccccc2n1. The number of rotatable bonds is 1. The van der Waals surface area contributed by atoms with Gasteiger partial charge >= 0.3 is 0 Å². The molecule has 1 aliphatic rings. The summed E-state index contributed by atoms with van der Waals surface area (Å²) in [7, 11) is 0. The van der Waals surface area contributed by atoms with Gasteiger partial charge in [-0.2, -0.15) is 15.0 Å². The Hall–Kier alpha value is -2.59. The van der Waals surface area contributed by atoms with Gasteiger partial charge in [0.25, 0.3) is 0 Å². The van der Waals surface area contributed by atoms with Gasteiger partial charge in [-0.1, -0.05) is 60.3 Å². The minimum atomic E-state index is 0.0241. The van der Waals surface area contributed by atoms with Crippen LogP contribution in [0.3, 0.4) is 0 Å². The van der Waals surface area contributed by atoms with Gasteiger partial charge in [-0.3, -0.25) is 0 Å². The smallest absolute Gasteiger partial charge is 0.124 e. The van der Waals surface area contributed by atoms with E-state index in [0.717, 1.165) is 11.0 Å². The number of aromatic nitrogens is 3. The van der Waals surface area contributed by atoms with Crippen LogP contribution in [0.15, 0.2) is 82.6 Å². The highest BCUT2D eigenvalue weighted by Crippen LogP contribution is 2.45. The van der Waals surface area contributed by atoms with E-state index in [0.29, 0.717) is 0 Å². The maximum absolute atomic E-state index is 4.73. The molecule has 3 nitrogen and oxygen atoms in total. The van der Waals surface area contributed by atoms with Gasteiger partial charge in [-0.05, 0) is 35.4 Å². The highest BCUT2D eigenvalue weighted by molar-refractivity contribution is 7.99. The predicted molar refractivity (Wildman–Crippen MR) is 91.8 cm³/mol. The summed E-state index contributed by atoms with van der Waals surface area (Å²) < 4.78 is 0. The zero-order valence-corrected chi connectivity index (χ0v) is 13.1. The summed E-state index contributed by atoms with van der Waals surface area (Å²) in [4.78, 5) is 4.41. The second-order valence-electron chi connectivity index (χ2n) is 5.59. The van der Waals surface area contributed by atoms with Crippen molar-refractivity contribution >= 4 is 22.8 Å². The second kappa shape index (κ2) is 4.96. The summed E-state index contributed by atoms with van der Waals surface area (Å²) >= 11 is 1.82. The van der Waals surface area contributed by atoms with Crippen molar-refractivity contribution in [1.29, 1.82) is 0 Å². The molecule has 0 bridgehead atoms. The van der Waals surface area contributed by atoms with Crippen molar-refractivity contribution in [3.63, 3.8) is 0 Å². The standard InChI is InChI=1S/C19H13N3S/c1-5-11-17-13(7-1)19(14-8-2-6-12-18(14)23-17)22-20-15-9-3-4-10-16(15)21-22/h1-12,19H. The Kier molecular flexibility index (Phi) is 2.78. The lowest BCUT2D eigenvalue weighted by Gasteiger charge is -2.26. The number of benzene rings is 3. The van der Waals surface area contributed by atoms with Crippen LogP contribution in [0, 0.1) is 0 Å². The van der Waals surface area contributed by atoms with Crippen molar-refractivity contribution in [3.05, 3.63) is 83.9 Å². The van der Waals surface area contributed by atoms with Crippen molar-refractivity contribution in [3.8, 4) is 0 Å². The minimum absolute atomic E-state index is 0.0241. The Morgan fingerprint density at radius 1 is 0.652 bits per heavy atom. The van der Waals surface area contributed by atoms with Crippen LogP contribution in [0.25, 0.3) is 11.0 Å². The lowest BCUT2D eigenvalue weighted by molar-refractivity contribution is 0.511. The van der Waals surface area contributed by atoms with E-state index in [1.807, 2.05) is 40.8 Å². The largest absolute Gasteiger partial charge is 0.171 e. The molecule has 0 unspecified atom stereocenters. The first-order valence-corrected chi connectivity index (χ1v) is 8.39. The monoisotopic (exact) mass is 315 g/mol. The molecule has 4 heteroatoms. The molecule has 0 saturated heterocycles. The van der Waals surface area contributed by atoms with E-state index in [-0.39, 0.29) is 6.04 Å². The Morgan fingerprint density at radius 3 is 1.70 bits per heavy atom. The van der Waals surface area contributed by atoms with Gasteiger partial charge in [0.05, 0.1) is 0 Å². The third-order valence-electron chi connectivity index (χ3n) is 4.18. The molecule has 2 heterocycles. The molecule has 5 rings (SSSR count). The Bertz CT molecular complexity index is 943. The fourth-order valence-electron chi connectivity index (χ4n) is 3.13. The van der Waals surface area contributed by atoms with Crippen LogP contribution in [-0.4, -0.2) is 15.0 Å². The van der Waals surface area contributed by atoms with Crippen molar-refractivity contribution in [1.82, 2.24) is 15.0 Å². The number of fused-ring (bicyclic) bond motifs is 3. The summed E-state index contributed by atoms with van der Waals surface area (Å²) in [6.07, 6.45) is 0. The molecule has 3 aromatic carbocycles. The molecule has 1 aromatic heterocycles. The molecule has 0 amide bonds. The van der Waals surface area contributed by atoms with Gasteiger partial charge in [0.15, 0.2) is 0 Å². The van der Waals surface area contributed by atoms with E-state index in [1.54, 1.807) is 0 Å². The first-order valence-electron chi connectivity index (χ1n) is 7.57. The van der Waals surface area contributed by atoms with Crippen LogP contribution in [-0.2, 0) is 0 Å². The van der Waals surface area contributed by atoms with Gasteiger partial charge in [-0.25, -0.2) is 0 Å². The number of nitrogens with zero attached hydrogens (tertiary/aromatic N) is 3. The molecule has 23 heavy (non-hydrogen) atoms. The lowest BCUT2D eigenvalue weighted by Crippen LogP contribution is -2.19. The normalized spacial score (nSPS) is 13.7. The zero-order valence-electron chi connectivity index (χ0n) is 12.3. The zero-order chi connectivity index (χ0) is 15.2. The van der Waals surface area contributed by atoms with Crippen LogP contribution in [0.1, 0.15) is 17.2 Å². The minimum Gasteiger partial charge on any atom is -0.171 e. The first-order chi connectivity index (χ1) is 11.4. The molecule has 4 aromatic rings. The van der Waals surface area contributed by atoms with E-state index in [4.69, 9.17) is 10.2 Å². The van der Waals surface area contributed by atoms with Gasteiger partial charge in [0.1, 0.15) is 17.1 Å². The molecule has 0 spiro atoms. The van der Waals surface area contributed by atoms with Crippen LogP contribution in [0.4, 0.5) is 0 Å². The summed E-state index contributed by atoms with van der Waals surface area (Å²) in [5, 5.41) is 9.46. The lowest BCUT2D eigenvalue weighted by atomic mass is 9.98. The summed E-state index contributed by atoms with van der Waals surface area (Å²) in [5.41, 5.74) is 4.38. The van der Waals surface area contributed by atoms with Gasteiger partial charge in [0, 0.05) is 9.79 Å². The van der Waals surface area contributed by atoms with Gasteiger partial charge in [-0.15, -0.1) is 0 Å². The molecule has 0 saturated carbocycles. The van der Waals surface area contributed by atoms with Crippen molar-refractivity contribution in [2.24, 2.45) is 0 Å². The van der Waals surface area contributed by atoms with E-state index < -0.39 is 0 Å². The molecular formula is C19H13N3S. The Labute approximate surface area is 138 Å². The Morgan fingerprint density at radius 2 is 1.13 bits per heavy atom. The van der Waals surface area contributed by atoms with Crippen LogP contribution >= 0.6 is 11.8 Å². The molecule has 110 valence electrons. The fraction of sp³-hybridized carbons (Fsp3) is 0.0526. The van der Waals surface area contributed by atoms with E-state index in [2.05, 4.69) is 48.5 Å².